The van der Waals surface area contributed by atoms with E-state index in [0.717, 1.165) is 50.9 Å². The van der Waals surface area contributed by atoms with Crippen molar-refractivity contribution in [2.75, 3.05) is 0 Å². The van der Waals surface area contributed by atoms with Gasteiger partial charge in [-0.1, -0.05) is 13.8 Å². The largest absolute Gasteiger partial charge is 0.416 e. The van der Waals surface area contributed by atoms with Crippen LogP contribution in [-0.2, 0) is 0 Å². The molecule has 2 N–H and O–H groups in total. The van der Waals surface area contributed by atoms with Gasteiger partial charge in [0.2, 0.25) is 0 Å². The highest BCUT2D eigenvalue weighted by Gasteiger charge is 2.60. The average Bonchev–Trinajstić information content (AvgIpc) is 2.98. The fourth-order valence-electron chi connectivity index (χ4n) is 8.65. The number of hydrogen-bond acceptors (Lipinski definition) is 2. The minimum absolute atomic E-state index is 0.113. The predicted octanol–water partition coefficient (Wildman–Crippen LogP) is 6.49. The second-order valence-corrected chi connectivity index (χ2v) is 12.1. The Morgan fingerprint density at radius 2 is 1.57 bits per heavy atom. The van der Waals surface area contributed by atoms with Gasteiger partial charge in [0.05, 0.1) is 6.10 Å². The van der Waals surface area contributed by atoms with E-state index in [2.05, 4.69) is 13.8 Å². The molecule has 174 valence electrons. The second kappa shape index (κ2) is 7.64. The summed E-state index contributed by atoms with van der Waals surface area (Å²) in [5, 5.41) is 20.0. The summed E-state index contributed by atoms with van der Waals surface area (Å²) in [6.45, 7) is 5.83. The lowest BCUT2D eigenvalue weighted by molar-refractivity contribution is -0.255. The molecule has 4 saturated carbocycles. The van der Waals surface area contributed by atoms with E-state index in [4.69, 9.17) is 0 Å². The number of rotatable bonds is 4. The molecule has 0 radical (unpaired) electrons. The van der Waals surface area contributed by atoms with Gasteiger partial charge in [-0.2, -0.15) is 13.2 Å². The average molecular weight is 431 g/mol. The molecule has 0 saturated heterocycles. The van der Waals surface area contributed by atoms with Crippen molar-refractivity contribution in [1.82, 2.24) is 0 Å². The van der Waals surface area contributed by atoms with Crippen molar-refractivity contribution >= 4 is 0 Å². The van der Waals surface area contributed by atoms with Crippen LogP contribution in [0.1, 0.15) is 97.8 Å². The highest BCUT2D eigenvalue weighted by Crippen LogP contribution is 2.68. The molecule has 0 spiro atoms. The fourth-order valence-corrected chi connectivity index (χ4v) is 8.65. The molecule has 7 unspecified atom stereocenters. The van der Waals surface area contributed by atoms with Crippen LogP contribution in [0.4, 0.5) is 13.2 Å². The maximum atomic E-state index is 13.0. The van der Waals surface area contributed by atoms with E-state index in [0.29, 0.717) is 29.6 Å². The quantitative estimate of drug-likeness (QED) is 0.535. The van der Waals surface area contributed by atoms with Crippen molar-refractivity contribution in [3.8, 4) is 0 Å². The van der Waals surface area contributed by atoms with Crippen molar-refractivity contribution in [3.63, 3.8) is 0 Å². The third-order valence-electron chi connectivity index (χ3n) is 10.7. The molecule has 0 bridgehead atoms. The van der Waals surface area contributed by atoms with E-state index in [1.165, 1.54) is 32.1 Å². The van der Waals surface area contributed by atoms with Crippen LogP contribution in [0.25, 0.3) is 0 Å². The van der Waals surface area contributed by atoms with Crippen LogP contribution in [0.15, 0.2) is 0 Å². The second-order valence-electron chi connectivity index (χ2n) is 12.1. The minimum Gasteiger partial charge on any atom is -0.393 e. The van der Waals surface area contributed by atoms with Crippen molar-refractivity contribution in [2.24, 2.45) is 40.4 Å². The van der Waals surface area contributed by atoms with Crippen molar-refractivity contribution < 1.29 is 23.4 Å². The summed E-state index contributed by atoms with van der Waals surface area (Å²) in [7, 11) is 0. The van der Waals surface area contributed by atoms with Gasteiger partial charge in [-0.3, -0.25) is 0 Å². The SMILES string of the molecule is CC12CCC3C(CC[C@H]4CC(O)CCC34C)C1CCC2CCC[C@@](C)(O)C(F)(F)F. The Labute approximate surface area is 180 Å². The zero-order chi connectivity index (χ0) is 21.9. The van der Waals surface area contributed by atoms with E-state index < -0.39 is 11.8 Å². The third kappa shape index (κ3) is 3.64. The first-order valence-electron chi connectivity index (χ1n) is 12.4. The van der Waals surface area contributed by atoms with Crippen LogP contribution < -0.4 is 0 Å². The molecule has 0 heterocycles. The smallest absolute Gasteiger partial charge is 0.393 e. The van der Waals surface area contributed by atoms with E-state index >= 15 is 0 Å². The topological polar surface area (TPSA) is 40.5 Å². The molecular formula is C25H41F3O2. The number of halogens is 3. The molecule has 4 rings (SSSR count). The maximum absolute atomic E-state index is 13.0. The van der Waals surface area contributed by atoms with E-state index in [9.17, 15) is 23.4 Å². The molecule has 0 aromatic rings. The van der Waals surface area contributed by atoms with Gasteiger partial charge in [-0.25, -0.2) is 0 Å². The van der Waals surface area contributed by atoms with Crippen LogP contribution in [0.2, 0.25) is 0 Å². The van der Waals surface area contributed by atoms with Crippen molar-refractivity contribution in [2.45, 2.75) is 116 Å². The van der Waals surface area contributed by atoms with E-state index in [1.807, 2.05) is 0 Å². The van der Waals surface area contributed by atoms with Crippen molar-refractivity contribution in [3.05, 3.63) is 0 Å². The molecule has 4 aliphatic carbocycles. The monoisotopic (exact) mass is 430 g/mol. The standard InChI is InChI=1S/C25H41F3O2/c1-22-14-11-21-19(8-6-17-15-18(29)10-13-23(17,21)2)20(22)9-7-16(22)5-4-12-24(3,30)25(26,27)28/h16-21,29-30H,4-15H2,1-3H3/t16?,17-,18?,19?,20?,21?,22?,23?,24+/m0/s1. The molecule has 5 heteroatoms. The summed E-state index contributed by atoms with van der Waals surface area (Å²) in [5.41, 5.74) is -1.95. The van der Waals surface area contributed by atoms with Gasteiger partial charge in [-0.15, -0.1) is 0 Å². The van der Waals surface area contributed by atoms with Gasteiger partial charge in [0.25, 0.3) is 0 Å². The number of fused-ring (bicyclic) bond motifs is 5. The summed E-state index contributed by atoms with van der Waals surface area (Å²) in [6.07, 6.45) is 6.79. The van der Waals surface area contributed by atoms with Crippen molar-refractivity contribution in [1.29, 1.82) is 0 Å². The van der Waals surface area contributed by atoms with Crippen LogP contribution >= 0.6 is 0 Å². The Hall–Kier alpha value is -0.290. The Kier molecular flexibility index (Phi) is 5.83. The minimum atomic E-state index is -4.55. The number of aliphatic hydroxyl groups excluding tert-OH is 1. The summed E-state index contributed by atoms with van der Waals surface area (Å²) >= 11 is 0. The lowest BCUT2D eigenvalue weighted by atomic mass is 9.44. The highest BCUT2D eigenvalue weighted by molar-refractivity contribution is 5.09. The predicted molar refractivity (Wildman–Crippen MR) is 112 cm³/mol. The lowest BCUT2D eigenvalue weighted by Crippen LogP contribution is -2.53. The number of alkyl halides is 3. The van der Waals surface area contributed by atoms with Gasteiger partial charge in [0, 0.05) is 0 Å². The first-order valence-corrected chi connectivity index (χ1v) is 12.4. The molecule has 4 fully saturated rings. The summed E-state index contributed by atoms with van der Waals surface area (Å²) in [6, 6.07) is 0. The highest BCUT2D eigenvalue weighted by atomic mass is 19.4. The maximum Gasteiger partial charge on any atom is 0.416 e. The van der Waals surface area contributed by atoms with Gasteiger partial charge >= 0.3 is 6.18 Å². The molecule has 0 aliphatic heterocycles. The number of aliphatic hydroxyl groups is 2. The Bertz CT molecular complexity index is 632. The summed E-state index contributed by atoms with van der Waals surface area (Å²) in [4.78, 5) is 0. The zero-order valence-corrected chi connectivity index (χ0v) is 19.0. The van der Waals surface area contributed by atoms with Gasteiger partial charge in [0.1, 0.15) is 0 Å². The van der Waals surface area contributed by atoms with Gasteiger partial charge in [-0.05, 0) is 124 Å². The fraction of sp³-hybridized carbons (Fsp3) is 1.00. The lowest BCUT2D eigenvalue weighted by Gasteiger charge is -2.61. The first-order chi connectivity index (χ1) is 13.9. The van der Waals surface area contributed by atoms with Crippen LogP contribution in [0.5, 0.6) is 0 Å². The first kappa shape index (κ1) is 22.9. The molecule has 4 aliphatic rings. The molecule has 30 heavy (non-hydrogen) atoms. The summed E-state index contributed by atoms with van der Waals surface area (Å²) < 4.78 is 39.0. The van der Waals surface area contributed by atoms with E-state index in [-0.39, 0.29) is 17.9 Å². The Morgan fingerprint density at radius 3 is 2.27 bits per heavy atom. The molecule has 9 atom stereocenters. The number of hydrogen-bond donors (Lipinski definition) is 2. The molecular weight excluding hydrogens is 389 g/mol. The van der Waals surface area contributed by atoms with E-state index in [1.54, 1.807) is 0 Å². The molecule has 2 nitrogen and oxygen atoms in total. The summed E-state index contributed by atoms with van der Waals surface area (Å²) in [5.74, 6) is 3.36. The Balaban J connectivity index is 1.42. The Morgan fingerprint density at radius 1 is 0.900 bits per heavy atom. The molecule has 0 aromatic heterocycles. The van der Waals surface area contributed by atoms with Crippen LogP contribution in [0.3, 0.4) is 0 Å². The third-order valence-corrected chi connectivity index (χ3v) is 10.7. The molecule has 0 aromatic carbocycles. The van der Waals surface area contributed by atoms with Crippen LogP contribution in [-0.4, -0.2) is 28.1 Å². The normalized spacial score (nSPS) is 48.4. The van der Waals surface area contributed by atoms with Gasteiger partial charge < -0.3 is 10.2 Å². The van der Waals surface area contributed by atoms with Gasteiger partial charge in [0.15, 0.2) is 5.60 Å². The van der Waals surface area contributed by atoms with Crippen LogP contribution in [0, 0.1) is 40.4 Å². The molecule has 0 amide bonds. The zero-order valence-electron chi connectivity index (χ0n) is 19.0.